The third kappa shape index (κ3) is 4.71. The Kier molecular flexibility index (Phi) is 6.83. The molecule has 2 saturated heterocycles. The van der Waals surface area contributed by atoms with Crippen molar-refractivity contribution in [2.24, 2.45) is 0 Å². The van der Waals surface area contributed by atoms with Gasteiger partial charge in [-0.25, -0.2) is 9.37 Å². The van der Waals surface area contributed by atoms with E-state index in [0.29, 0.717) is 18.5 Å². The van der Waals surface area contributed by atoms with Crippen molar-refractivity contribution in [1.29, 1.82) is 5.26 Å². The maximum Gasteiger partial charge on any atom is 0.301 e. The van der Waals surface area contributed by atoms with E-state index in [-0.39, 0.29) is 46.1 Å². The molecular weight excluding hydrogens is 515 g/mol. The minimum Gasteiger partial charge on any atom is -0.453 e. The first-order chi connectivity index (χ1) is 18.2. The lowest BCUT2D eigenvalue weighted by Gasteiger charge is -2.20. The van der Waals surface area contributed by atoms with Crippen LogP contribution in [0.2, 0.25) is 0 Å². The monoisotopic (exact) mass is 542 g/mol. The van der Waals surface area contributed by atoms with Crippen LogP contribution in [0.15, 0.2) is 41.5 Å². The molecule has 2 aliphatic heterocycles. The van der Waals surface area contributed by atoms with E-state index in [1.807, 2.05) is 6.07 Å². The molecular formula is C25H27FN6O5S. The highest BCUT2D eigenvalue weighted by Gasteiger charge is 2.43. The number of halogens is 1. The molecule has 2 aliphatic rings. The van der Waals surface area contributed by atoms with E-state index in [2.05, 4.69) is 15.0 Å². The van der Waals surface area contributed by atoms with E-state index < -0.39 is 21.8 Å². The molecule has 38 heavy (non-hydrogen) atoms. The van der Waals surface area contributed by atoms with Crippen LogP contribution in [-0.4, -0.2) is 61.2 Å². The summed E-state index contributed by atoms with van der Waals surface area (Å²) in [4.78, 5) is 17.8. The fourth-order valence-electron chi connectivity index (χ4n) is 4.81. The highest BCUT2D eigenvalue weighted by molar-refractivity contribution is 7.90. The molecule has 2 atom stereocenters. The topological polar surface area (TPSA) is 139 Å². The van der Waals surface area contributed by atoms with Crippen LogP contribution < -0.4 is 20.3 Å². The second kappa shape index (κ2) is 9.95. The van der Waals surface area contributed by atoms with Crippen LogP contribution in [0.25, 0.3) is 10.9 Å². The minimum absolute atomic E-state index is 0.0920. The fraction of sp³-hybridized carbons (Fsp3) is 0.400. The molecule has 0 unspecified atom stereocenters. The van der Waals surface area contributed by atoms with Gasteiger partial charge in [-0.1, -0.05) is 6.92 Å². The summed E-state index contributed by atoms with van der Waals surface area (Å²) in [6, 6.07) is 8.31. The lowest BCUT2D eigenvalue weighted by Crippen LogP contribution is -2.32. The number of hydrogen-bond acceptors (Lipinski definition) is 8. The Morgan fingerprint density at radius 3 is 2.92 bits per heavy atom. The number of aromatic nitrogens is 2. The predicted octanol–water partition coefficient (Wildman–Crippen LogP) is 2.50. The molecule has 2 aromatic carbocycles. The maximum atomic E-state index is 14.8. The van der Waals surface area contributed by atoms with Crippen molar-refractivity contribution >= 4 is 26.8 Å². The molecule has 200 valence electrons. The molecule has 11 nitrogen and oxygen atoms in total. The van der Waals surface area contributed by atoms with Crippen molar-refractivity contribution in [3.05, 3.63) is 58.4 Å². The standard InChI is InChI=1S/C25H27FN6O5S/c1-3-31(2)38(34,35)30-22-7-5-20(26)23(19(22)12-27)37-17-4-6-21-18(10-17)24(33)32(15-29-21)16-11-25(36-13-16)8-9-28-14-25/h4-7,10,15-16,28,30H,3,8-9,11,13-14H2,1-2H3/t16-,25+/m0/s1. The van der Waals surface area contributed by atoms with Crippen LogP contribution >= 0.6 is 0 Å². The van der Waals surface area contributed by atoms with E-state index in [9.17, 15) is 22.9 Å². The maximum absolute atomic E-state index is 14.8. The van der Waals surface area contributed by atoms with Gasteiger partial charge in [0, 0.05) is 26.6 Å². The van der Waals surface area contributed by atoms with Crippen LogP contribution in [0.3, 0.4) is 0 Å². The molecule has 0 amide bonds. The molecule has 1 spiro atoms. The summed E-state index contributed by atoms with van der Waals surface area (Å²) >= 11 is 0. The van der Waals surface area contributed by atoms with Gasteiger partial charge in [0.1, 0.15) is 17.4 Å². The minimum atomic E-state index is -3.97. The summed E-state index contributed by atoms with van der Waals surface area (Å²) in [6.07, 6.45) is 3.08. The van der Waals surface area contributed by atoms with E-state index in [0.717, 1.165) is 35.9 Å². The van der Waals surface area contributed by atoms with Gasteiger partial charge < -0.3 is 14.8 Å². The normalized spacial score (nSPS) is 21.3. The van der Waals surface area contributed by atoms with Gasteiger partial charge in [0.2, 0.25) is 0 Å². The van der Waals surface area contributed by atoms with Crippen molar-refractivity contribution in [3.8, 4) is 17.6 Å². The first-order valence-electron chi connectivity index (χ1n) is 12.2. The number of fused-ring (bicyclic) bond motifs is 1. The Morgan fingerprint density at radius 2 is 2.21 bits per heavy atom. The SMILES string of the molecule is CCN(C)S(=O)(=O)Nc1ccc(F)c(Oc2ccc3ncn([C@@H]4CO[C@]5(CCNC5)C4)c(=O)c3c2)c1C#N. The van der Waals surface area contributed by atoms with Crippen molar-refractivity contribution in [3.63, 3.8) is 0 Å². The Hall–Kier alpha value is -3.57. The summed E-state index contributed by atoms with van der Waals surface area (Å²) in [7, 11) is -2.60. The zero-order valence-electron chi connectivity index (χ0n) is 20.9. The average Bonchev–Trinajstić information content (AvgIpc) is 3.55. The van der Waals surface area contributed by atoms with Gasteiger partial charge in [-0.3, -0.25) is 14.1 Å². The summed E-state index contributed by atoms with van der Waals surface area (Å²) in [5, 5.41) is 13.3. The van der Waals surface area contributed by atoms with Gasteiger partial charge >= 0.3 is 10.2 Å². The van der Waals surface area contributed by atoms with E-state index >= 15 is 0 Å². The molecule has 3 aromatic rings. The number of nitrogens with zero attached hydrogens (tertiary/aromatic N) is 4. The molecule has 5 rings (SSSR count). The second-order valence-electron chi connectivity index (χ2n) is 9.45. The van der Waals surface area contributed by atoms with Crippen molar-refractivity contribution in [2.45, 2.75) is 31.4 Å². The van der Waals surface area contributed by atoms with Crippen LogP contribution in [0.5, 0.6) is 11.5 Å². The number of ether oxygens (including phenoxy) is 2. The largest absolute Gasteiger partial charge is 0.453 e. The molecule has 0 saturated carbocycles. The molecule has 0 bridgehead atoms. The van der Waals surface area contributed by atoms with Gasteiger partial charge in [0.15, 0.2) is 11.6 Å². The number of hydrogen-bond donors (Lipinski definition) is 2. The molecule has 0 aliphatic carbocycles. The molecule has 2 N–H and O–H groups in total. The third-order valence-electron chi connectivity index (χ3n) is 7.08. The van der Waals surface area contributed by atoms with E-state index in [1.165, 1.54) is 25.5 Å². The zero-order valence-corrected chi connectivity index (χ0v) is 21.7. The summed E-state index contributed by atoms with van der Waals surface area (Å²) in [5.74, 6) is -1.24. The average molecular weight is 543 g/mol. The number of benzene rings is 2. The zero-order chi connectivity index (χ0) is 27.1. The highest BCUT2D eigenvalue weighted by Crippen LogP contribution is 2.37. The lowest BCUT2D eigenvalue weighted by molar-refractivity contribution is 0.0205. The summed E-state index contributed by atoms with van der Waals surface area (Å²) in [6.45, 7) is 3.86. The smallest absolute Gasteiger partial charge is 0.301 e. The van der Waals surface area contributed by atoms with Gasteiger partial charge in [-0.05, 0) is 43.3 Å². The number of rotatable bonds is 7. The lowest BCUT2D eigenvalue weighted by atomic mass is 9.97. The first-order valence-corrected chi connectivity index (χ1v) is 13.6. The molecule has 0 radical (unpaired) electrons. The van der Waals surface area contributed by atoms with Crippen LogP contribution in [0.4, 0.5) is 10.1 Å². The first kappa shape index (κ1) is 26.1. The quantitative estimate of drug-likeness (QED) is 0.464. The molecule has 2 fully saturated rings. The predicted molar refractivity (Wildman–Crippen MR) is 138 cm³/mol. The summed E-state index contributed by atoms with van der Waals surface area (Å²) < 4.78 is 56.4. The molecule has 13 heteroatoms. The Morgan fingerprint density at radius 1 is 1.39 bits per heavy atom. The van der Waals surface area contributed by atoms with Crippen molar-refractivity contribution in [1.82, 2.24) is 19.2 Å². The van der Waals surface area contributed by atoms with E-state index in [4.69, 9.17) is 9.47 Å². The molecule has 1 aromatic heterocycles. The second-order valence-corrected chi connectivity index (χ2v) is 11.2. The van der Waals surface area contributed by atoms with Gasteiger partial charge in [-0.15, -0.1) is 0 Å². The molecule has 3 heterocycles. The van der Waals surface area contributed by atoms with Gasteiger partial charge in [0.05, 0.1) is 41.2 Å². The fourth-order valence-corrected chi connectivity index (χ4v) is 5.76. The van der Waals surface area contributed by atoms with Gasteiger partial charge in [0.25, 0.3) is 5.56 Å². The third-order valence-corrected chi connectivity index (χ3v) is 8.63. The Balaban J connectivity index is 1.48. The Bertz CT molecular complexity index is 1600. The number of nitrogens with one attached hydrogen (secondary N) is 2. The summed E-state index contributed by atoms with van der Waals surface area (Å²) in [5.41, 5.74) is -0.596. The van der Waals surface area contributed by atoms with Crippen molar-refractivity contribution < 1.29 is 22.3 Å². The Labute approximate surface area is 219 Å². The van der Waals surface area contributed by atoms with Crippen molar-refractivity contribution in [2.75, 3.05) is 38.0 Å². The highest BCUT2D eigenvalue weighted by atomic mass is 32.2. The van der Waals surface area contributed by atoms with Crippen LogP contribution in [0.1, 0.15) is 31.4 Å². The number of nitriles is 1. The van der Waals surface area contributed by atoms with Crippen LogP contribution in [-0.2, 0) is 14.9 Å². The van der Waals surface area contributed by atoms with Gasteiger partial charge in [-0.2, -0.15) is 18.0 Å². The number of anilines is 1. The van der Waals surface area contributed by atoms with E-state index in [1.54, 1.807) is 17.6 Å². The van der Waals surface area contributed by atoms with Crippen LogP contribution in [0, 0.1) is 17.1 Å².